The molecule has 0 saturated heterocycles. The molecule has 0 heterocycles. The van der Waals surface area contributed by atoms with Crippen molar-refractivity contribution in [3.8, 4) is 5.75 Å². The van der Waals surface area contributed by atoms with Gasteiger partial charge in [0.1, 0.15) is 12.4 Å². The summed E-state index contributed by atoms with van der Waals surface area (Å²) in [6.07, 6.45) is 0. The Morgan fingerprint density at radius 2 is 1.71 bits per heavy atom. The fourth-order valence-corrected chi connectivity index (χ4v) is 1.63. The van der Waals surface area contributed by atoms with Crippen molar-refractivity contribution in [2.45, 2.75) is 0 Å². The zero-order chi connectivity index (χ0) is 15.5. The van der Waals surface area contributed by atoms with Crippen molar-refractivity contribution >= 4 is 5.69 Å². The van der Waals surface area contributed by atoms with Gasteiger partial charge < -0.3 is 20.3 Å². The van der Waals surface area contributed by atoms with E-state index in [2.05, 4.69) is 29.6 Å². The number of non-ortho nitro benzene ring substituents is 1. The summed E-state index contributed by atoms with van der Waals surface area (Å²) < 4.78 is 5.49. The van der Waals surface area contributed by atoms with Crippen LogP contribution in [0.3, 0.4) is 0 Å². The number of nitrogens with one attached hydrogen (secondary N) is 2. The summed E-state index contributed by atoms with van der Waals surface area (Å²) in [6, 6.07) is 6.11. The normalized spacial score (nSPS) is 10.8. The molecule has 7 heteroatoms. The predicted molar refractivity (Wildman–Crippen MR) is 82.9 cm³/mol. The van der Waals surface area contributed by atoms with Gasteiger partial charge in [0.05, 0.1) is 4.92 Å². The van der Waals surface area contributed by atoms with E-state index in [4.69, 9.17) is 4.74 Å². The smallest absolute Gasteiger partial charge is 0.269 e. The molecule has 0 unspecified atom stereocenters. The van der Waals surface area contributed by atoms with E-state index in [0.717, 1.165) is 32.7 Å². The summed E-state index contributed by atoms with van der Waals surface area (Å²) >= 11 is 0. The molecule has 1 aromatic carbocycles. The van der Waals surface area contributed by atoms with Gasteiger partial charge >= 0.3 is 0 Å². The number of hydrogen-bond acceptors (Lipinski definition) is 6. The number of ether oxygens (including phenoxy) is 1. The lowest BCUT2D eigenvalue weighted by molar-refractivity contribution is -0.384. The molecule has 0 amide bonds. The van der Waals surface area contributed by atoms with Crippen LogP contribution in [0.25, 0.3) is 0 Å². The number of nitrogens with zero attached hydrogens (tertiary/aromatic N) is 2. The van der Waals surface area contributed by atoms with Crippen molar-refractivity contribution in [1.82, 2.24) is 15.5 Å². The minimum absolute atomic E-state index is 0.0734. The summed E-state index contributed by atoms with van der Waals surface area (Å²) in [5, 5.41) is 17.1. The quantitative estimate of drug-likeness (QED) is 0.356. The second-order valence-electron chi connectivity index (χ2n) is 4.90. The average molecular weight is 296 g/mol. The van der Waals surface area contributed by atoms with Crippen molar-refractivity contribution in [1.29, 1.82) is 0 Å². The molecule has 1 aromatic rings. The molecular weight excluding hydrogens is 272 g/mol. The van der Waals surface area contributed by atoms with Gasteiger partial charge in [-0.3, -0.25) is 10.1 Å². The van der Waals surface area contributed by atoms with Gasteiger partial charge in [0, 0.05) is 44.9 Å². The Kier molecular flexibility index (Phi) is 8.34. The molecule has 118 valence electrons. The fraction of sp³-hybridized carbons (Fsp3) is 0.571. The molecule has 0 bridgehead atoms. The van der Waals surface area contributed by atoms with Crippen LogP contribution < -0.4 is 15.4 Å². The Morgan fingerprint density at radius 1 is 1.10 bits per heavy atom. The summed E-state index contributed by atoms with van der Waals surface area (Å²) in [7, 11) is 4.10. The molecule has 21 heavy (non-hydrogen) atoms. The van der Waals surface area contributed by atoms with Gasteiger partial charge in [0.15, 0.2) is 0 Å². The lowest BCUT2D eigenvalue weighted by Crippen LogP contribution is -2.33. The van der Waals surface area contributed by atoms with Gasteiger partial charge in [-0.2, -0.15) is 0 Å². The monoisotopic (exact) mass is 296 g/mol. The molecule has 0 aliphatic rings. The van der Waals surface area contributed by atoms with E-state index in [1.54, 1.807) is 12.1 Å². The Morgan fingerprint density at radius 3 is 2.29 bits per heavy atom. The third-order valence-corrected chi connectivity index (χ3v) is 2.81. The van der Waals surface area contributed by atoms with Gasteiger partial charge in [-0.15, -0.1) is 0 Å². The highest BCUT2D eigenvalue weighted by Crippen LogP contribution is 2.16. The molecule has 1 rings (SSSR count). The van der Waals surface area contributed by atoms with Crippen LogP contribution in [0, 0.1) is 10.1 Å². The highest BCUT2D eigenvalue weighted by molar-refractivity contribution is 5.35. The van der Waals surface area contributed by atoms with Crippen molar-refractivity contribution < 1.29 is 9.66 Å². The van der Waals surface area contributed by atoms with Crippen LogP contribution in [0.4, 0.5) is 5.69 Å². The summed E-state index contributed by atoms with van der Waals surface area (Å²) in [4.78, 5) is 12.2. The minimum atomic E-state index is -0.422. The summed E-state index contributed by atoms with van der Waals surface area (Å²) in [6.45, 7) is 5.10. The maximum atomic E-state index is 10.5. The topological polar surface area (TPSA) is 79.7 Å². The van der Waals surface area contributed by atoms with Crippen molar-refractivity contribution in [2.75, 3.05) is 53.4 Å². The Labute approximate surface area is 125 Å². The number of likely N-dealkylation sites (N-methyl/N-ethyl adjacent to an activating group) is 1. The van der Waals surface area contributed by atoms with E-state index >= 15 is 0 Å². The summed E-state index contributed by atoms with van der Waals surface area (Å²) in [5.74, 6) is 0.645. The number of benzene rings is 1. The van der Waals surface area contributed by atoms with Gasteiger partial charge in [0.2, 0.25) is 0 Å². The van der Waals surface area contributed by atoms with E-state index in [1.807, 2.05) is 0 Å². The van der Waals surface area contributed by atoms with Crippen molar-refractivity contribution in [3.63, 3.8) is 0 Å². The molecule has 0 saturated carbocycles. The molecule has 0 spiro atoms. The third kappa shape index (κ3) is 8.23. The van der Waals surface area contributed by atoms with Gasteiger partial charge in [-0.05, 0) is 26.2 Å². The molecule has 2 N–H and O–H groups in total. The third-order valence-electron chi connectivity index (χ3n) is 2.81. The summed E-state index contributed by atoms with van der Waals surface area (Å²) in [5.41, 5.74) is 0.0734. The first kappa shape index (κ1) is 17.4. The van der Waals surface area contributed by atoms with Crippen LogP contribution in [0.2, 0.25) is 0 Å². The van der Waals surface area contributed by atoms with E-state index in [0.29, 0.717) is 12.4 Å². The van der Waals surface area contributed by atoms with Crippen molar-refractivity contribution in [3.05, 3.63) is 34.4 Å². The zero-order valence-electron chi connectivity index (χ0n) is 12.7. The standard InChI is InChI=1S/C14H24N4O3/c1-17(2)11-9-15-7-8-16-10-12-21-14-5-3-13(4-6-14)18(19)20/h3-6,15-16H,7-12H2,1-2H3. The van der Waals surface area contributed by atoms with Gasteiger partial charge in [-0.25, -0.2) is 0 Å². The second kappa shape index (κ2) is 10.1. The maximum absolute atomic E-state index is 10.5. The highest BCUT2D eigenvalue weighted by atomic mass is 16.6. The number of nitro groups is 1. The molecule has 0 atom stereocenters. The van der Waals surface area contributed by atoms with Crippen LogP contribution in [-0.2, 0) is 0 Å². The van der Waals surface area contributed by atoms with Crippen LogP contribution in [0.5, 0.6) is 5.75 Å². The predicted octanol–water partition coefficient (Wildman–Crippen LogP) is 0.714. The molecule has 0 aromatic heterocycles. The lowest BCUT2D eigenvalue weighted by atomic mass is 10.3. The SMILES string of the molecule is CN(C)CCNCCNCCOc1ccc([N+](=O)[O-])cc1. The second-order valence-corrected chi connectivity index (χ2v) is 4.90. The van der Waals surface area contributed by atoms with Gasteiger partial charge in [0.25, 0.3) is 5.69 Å². The maximum Gasteiger partial charge on any atom is 0.269 e. The first-order chi connectivity index (χ1) is 10.1. The van der Waals surface area contributed by atoms with Crippen molar-refractivity contribution in [2.24, 2.45) is 0 Å². The molecular formula is C14H24N4O3. The highest BCUT2D eigenvalue weighted by Gasteiger charge is 2.03. The zero-order valence-corrected chi connectivity index (χ0v) is 12.7. The fourth-order valence-electron chi connectivity index (χ4n) is 1.63. The van der Waals surface area contributed by atoms with Crippen LogP contribution in [0.1, 0.15) is 0 Å². The van der Waals surface area contributed by atoms with E-state index in [1.165, 1.54) is 12.1 Å². The van der Waals surface area contributed by atoms with Crippen LogP contribution >= 0.6 is 0 Å². The Hall–Kier alpha value is -1.70. The van der Waals surface area contributed by atoms with Gasteiger partial charge in [-0.1, -0.05) is 0 Å². The number of nitro benzene ring substituents is 1. The first-order valence-corrected chi connectivity index (χ1v) is 7.03. The van der Waals surface area contributed by atoms with Crippen LogP contribution in [0.15, 0.2) is 24.3 Å². The molecule has 0 aliphatic heterocycles. The molecule has 0 fully saturated rings. The van der Waals surface area contributed by atoms with E-state index < -0.39 is 4.92 Å². The first-order valence-electron chi connectivity index (χ1n) is 7.03. The number of hydrogen-bond donors (Lipinski definition) is 2. The number of rotatable bonds is 11. The van der Waals surface area contributed by atoms with Crippen LogP contribution in [-0.4, -0.2) is 63.2 Å². The Bertz CT molecular complexity index is 409. The largest absolute Gasteiger partial charge is 0.492 e. The molecule has 7 nitrogen and oxygen atoms in total. The van der Waals surface area contributed by atoms with E-state index in [9.17, 15) is 10.1 Å². The lowest BCUT2D eigenvalue weighted by Gasteiger charge is -2.11. The molecule has 0 radical (unpaired) electrons. The van der Waals surface area contributed by atoms with E-state index in [-0.39, 0.29) is 5.69 Å². The average Bonchev–Trinajstić information content (AvgIpc) is 2.45. The minimum Gasteiger partial charge on any atom is -0.492 e. The molecule has 0 aliphatic carbocycles. The Balaban J connectivity index is 2.00.